The number of halogens is 4. The Labute approximate surface area is 200 Å². The first-order valence-electron chi connectivity index (χ1n) is 9.47. The lowest BCUT2D eigenvalue weighted by Gasteiger charge is -2.16. The third-order valence-electron chi connectivity index (χ3n) is 4.05. The fourth-order valence-corrected chi connectivity index (χ4v) is 3.21. The zero-order chi connectivity index (χ0) is 22.0. The first kappa shape index (κ1) is 27.1. The summed E-state index contributed by atoms with van der Waals surface area (Å²) in [5.41, 5.74) is 0.0360. The number of pyridine rings is 1. The molecule has 31 heavy (non-hydrogen) atoms. The number of hydrogen-bond acceptors (Lipinski definition) is 5. The Balaban J connectivity index is 0.00000480. The summed E-state index contributed by atoms with van der Waals surface area (Å²) in [5, 5.41) is 7.42. The normalized spacial score (nSPS) is 11.6. The first-order chi connectivity index (χ1) is 14.3. The topological polar surface area (TPSA) is 82.5 Å². The third-order valence-corrected chi connectivity index (χ3v) is 4.95. The van der Waals surface area contributed by atoms with Gasteiger partial charge in [0.05, 0.1) is 5.01 Å². The number of aliphatic imine (C=N–C) groups is 1. The summed E-state index contributed by atoms with van der Waals surface area (Å²) in [7, 11) is 1.71. The highest BCUT2D eigenvalue weighted by molar-refractivity contribution is 14.0. The molecule has 0 bridgehead atoms. The molecule has 7 nitrogen and oxygen atoms in total. The number of carbonyl (C=O) groups is 1. The number of nitrogens with one attached hydrogen (secondary N) is 2. The van der Waals surface area contributed by atoms with Crippen molar-refractivity contribution in [3.8, 4) is 0 Å². The molecule has 2 aromatic heterocycles. The standard InChI is InChI=1S/C19H25F3N6OS.HI/c1-3-23-18(25-10-7-16-27-15(13-30-16)19(20,21)22)26-12-17(29)28(2)11-8-14-6-4-5-9-24-14;/h4-6,9,13H,3,7-8,10-12H2,1-2H3,(H2,23,25,26);1H. The number of alkyl halides is 3. The van der Waals surface area contributed by atoms with Crippen LogP contribution in [0.3, 0.4) is 0 Å². The molecule has 0 saturated heterocycles. The van der Waals surface area contributed by atoms with Gasteiger partial charge in [0.25, 0.3) is 0 Å². The summed E-state index contributed by atoms with van der Waals surface area (Å²) >= 11 is 0.970. The molecule has 0 atom stereocenters. The number of likely N-dealkylation sites (N-methyl/N-ethyl adjacent to an activating group) is 1. The minimum absolute atomic E-state index is 0. The second-order valence-electron chi connectivity index (χ2n) is 6.38. The highest BCUT2D eigenvalue weighted by Crippen LogP contribution is 2.29. The van der Waals surface area contributed by atoms with E-state index in [0.29, 0.717) is 43.4 Å². The summed E-state index contributed by atoms with van der Waals surface area (Å²) in [4.78, 5) is 26.0. The number of amides is 1. The van der Waals surface area contributed by atoms with E-state index in [4.69, 9.17) is 0 Å². The monoisotopic (exact) mass is 570 g/mol. The third kappa shape index (κ3) is 9.80. The van der Waals surface area contributed by atoms with E-state index in [-0.39, 0.29) is 36.4 Å². The molecular formula is C19H26F3IN6OS. The zero-order valence-electron chi connectivity index (χ0n) is 17.3. The van der Waals surface area contributed by atoms with Crippen LogP contribution < -0.4 is 10.6 Å². The first-order valence-corrected chi connectivity index (χ1v) is 10.3. The van der Waals surface area contributed by atoms with Crippen molar-refractivity contribution in [3.63, 3.8) is 0 Å². The molecule has 0 aliphatic carbocycles. The van der Waals surface area contributed by atoms with Crippen molar-refractivity contribution in [2.75, 3.05) is 33.2 Å². The van der Waals surface area contributed by atoms with Crippen molar-refractivity contribution in [3.05, 3.63) is 46.2 Å². The van der Waals surface area contributed by atoms with Gasteiger partial charge in [0.1, 0.15) is 6.54 Å². The number of aromatic nitrogens is 2. The van der Waals surface area contributed by atoms with E-state index in [1.54, 1.807) is 18.1 Å². The van der Waals surface area contributed by atoms with Gasteiger partial charge in [-0.05, 0) is 19.1 Å². The van der Waals surface area contributed by atoms with E-state index in [1.807, 2.05) is 25.1 Å². The fraction of sp³-hybridized carbons (Fsp3) is 0.474. The van der Waals surface area contributed by atoms with Gasteiger partial charge in [-0.3, -0.25) is 9.78 Å². The number of carbonyl (C=O) groups excluding carboxylic acids is 1. The van der Waals surface area contributed by atoms with Crippen LogP contribution in [0.4, 0.5) is 13.2 Å². The molecule has 172 valence electrons. The Morgan fingerprint density at radius 3 is 2.65 bits per heavy atom. The van der Waals surface area contributed by atoms with Crippen molar-refractivity contribution < 1.29 is 18.0 Å². The van der Waals surface area contributed by atoms with Gasteiger partial charge in [-0.2, -0.15) is 13.2 Å². The molecule has 0 saturated carbocycles. The highest BCUT2D eigenvalue weighted by Gasteiger charge is 2.33. The van der Waals surface area contributed by atoms with Crippen molar-refractivity contribution >= 4 is 47.2 Å². The largest absolute Gasteiger partial charge is 0.434 e. The molecule has 0 radical (unpaired) electrons. The van der Waals surface area contributed by atoms with Crippen molar-refractivity contribution in [1.82, 2.24) is 25.5 Å². The second kappa shape index (κ2) is 13.5. The van der Waals surface area contributed by atoms with Crippen LogP contribution in [0.25, 0.3) is 0 Å². The Hall–Kier alpha value is -1.96. The molecule has 1 amide bonds. The van der Waals surface area contributed by atoms with Crippen LogP contribution in [-0.2, 0) is 23.8 Å². The maximum atomic E-state index is 12.6. The second-order valence-corrected chi connectivity index (χ2v) is 7.33. The van der Waals surface area contributed by atoms with E-state index in [1.165, 1.54) is 0 Å². The van der Waals surface area contributed by atoms with E-state index in [9.17, 15) is 18.0 Å². The molecule has 0 aliphatic heterocycles. The van der Waals surface area contributed by atoms with Gasteiger partial charge < -0.3 is 15.5 Å². The number of rotatable bonds is 9. The van der Waals surface area contributed by atoms with Crippen LogP contribution in [0.15, 0.2) is 34.8 Å². The zero-order valence-corrected chi connectivity index (χ0v) is 20.4. The van der Waals surface area contributed by atoms with Gasteiger partial charge in [0.15, 0.2) is 11.7 Å². The molecule has 12 heteroatoms. The average Bonchev–Trinajstić information content (AvgIpc) is 3.20. The van der Waals surface area contributed by atoms with Crippen LogP contribution in [-0.4, -0.2) is 60.0 Å². The smallest absolute Gasteiger partial charge is 0.357 e. The van der Waals surface area contributed by atoms with Gasteiger partial charge in [0, 0.05) is 56.8 Å². The molecule has 0 aliphatic rings. The molecule has 0 spiro atoms. The average molecular weight is 570 g/mol. The van der Waals surface area contributed by atoms with E-state index in [2.05, 4.69) is 25.6 Å². The summed E-state index contributed by atoms with van der Waals surface area (Å²) in [6.45, 7) is 3.31. The maximum absolute atomic E-state index is 12.6. The van der Waals surface area contributed by atoms with Crippen molar-refractivity contribution in [1.29, 1.82) is 0 Å². The Bertz CT molecular complexity index is 832. The van der Waals surface area contributed by atoms with Crippen LogP contribution in [0.2, 0.25) is 0 Å². The van der Waals surface area contributed by atoms with Gasteiger partial charge in [-0.15, -0.1) is 35.3 Å². The van der Waals surface area contributed by atoms with Gasteiger partial charge in [-0.25, -0.2) is 9.98 Å². The molecule has 2 N–H and O–H groups in total. The lowest BCUT2D eigenvalue weighted by molar-refractivity contribution is -0.140. The van der Waals surface area contributed by atoms with Crippen LogP contribution in [0.1, 0.15) is 23.3 Å². The lowest BCUT2D eigenvalue weighted by atomic mass is 10.2. The molecule has 2 heterocycles. The molecule has 2 rings (SSSR count). The van der Waals surface area contributed by atoms with E-state index < -0.39 is 11.9 Å². The van der Waals surface area contributed by atoms with E-state index >= 15 is 0 Å². The lowest BCUT2D eigenvalue weighted by Crippen LogP contribution is -2.39. The van der Waals surface area contributed by atoms with Crippen molar-refractivity contribution in [2.45, 2.75) is 25.9 Å². The summed E-state index contributed by atoms with van der Waals surface area (Å²) in [6, 6.07) is 5.65. The quantitative estimate of drug-likeness (QED) is 0.276. The van der Waals surface area contributed by atoms with Crippen LogP contribution >= 0.6 is 35.3 Å². The van der Waals surface area contributed by atoms with Crippen LogP contribution in [0, 0.1) is 0 Å². The number of nitrogens with zero attached hydrogens (tertiary/aromatic N) is 4. The number of thiazole rings is 1. The molecule has 0 unspecified atom stereocenters. The number of guanidine groups is 1. The fourth-order valence-electron chi connectivity index (χ4n) is 2.41. The summed E-state index contributed by atoms with van der Waals surface area (Å²) in [5.74, 6) is 0.287. The predicted octanol–water partition coefficient (Wildman–Crippen LogP) is 2.97. The summed E-state index contributed by atoms with van der Waals surface area (Å²) < 4.78 is 37.8. The Morgan fingerprint density at radius 2 is 2.03 bits per heavy atom. The van der Waals surface area contributed by atoms with Crippen molar-refractivity contribution in [2.24, 2.45) is 4.99 Å². The molecule has 2 aromatic rings. The molecule has 0 fully saturated rings. The molecule has 0 aromatic carbocycles. The Kier molecular flexibility index (Phi) is 11.7. The van der Waals surface area contributed by atoms with Gasteiger partial charge >= 0.3 is 6.18 Å². The van der Waals surface area contributed by atoms with Gasteiger partial charge in [0.2, 0.25) is 5.91 Å². The predicted molar refractivity (Wildman–Crippen MR) is 126 cm³/mol. The summed E-state index contributed by atoms with van der Waals surface area (Å²) in [6.07, 6.45) is -1.74. The minimum Gasteiger partial charge on any atom is -0.357 e. The van der Waals surface area contributed by atoms with Gasteiger partial charge in [-0.1, -0.05) is 6.07 Å². The molecular weight excluding hydrogens is 544 g/mol. The minimum atomic E-state index is -4.43. The van der Waals surface area contributed by atoms with Crippen LogP contribution in [0.5, 0.6) is 0 Å². The highest BCUT2D eigenvalue weighted by atomic mass is 127. The SMILES string of the molecule is CCNC(=NCC(=O)N(C)CCc1ccccn1)NCCc1nc(C(F)(F)F)cs1.I. The van der Waals surface area contributed by atoms with E-state index in [0.717, 1.165) is 22.4 Å². The maximum Gasteiger partial charge on any atom is 0.434 e. The number of hydrogen-bond donors (Lipinski definition) is 2. The Morgan fingerprint density at radius 1 is 1.26 bits per heavy atom.